The lowest BCUT2D eigenvalue weighted by Crippen LogP contribution is -2.42. The minimum atomic E-state index is -0.654. The fraction of sp³-hybridized carbons (Fsp3) is 0.588. The second-order valence-electron chi connectivity index (χ2n) is 6.08. The van der Waals surface area contributed by atoms with E-state index in [0.717, 1.165) is 31.2 Å². The number of rotatable bonds is 2. The molecular weight excluding hydrogens is 234 g/mol. The Labute approximate surface area is 115 Å². The monoisotopic (exact) mass is 255 g/mol. The molecule has 0 spiro atoms. The first-order valence-corrected chi connectivity index (χ1v) is 7.45. The van der Waals surface area contributed by atoms with E-state index in [-0.39, 0.29) is 0 Å². The van der Waals surface area contributed by atoms with Crippen molar-refractivity contribution in [2.24, 2.45) is 5.92 Å². The van der Waals surface area contributed by atoms with Crippen LogP contribution in [-0.2, 0) is 11.8 Å². The van der Waals surface area contributed by atoms with Crippen LogP contribution in [0.5, 0.6) is 0 Å². The maximum Gasteiger partial charge on any atom is 0.109 e. The highest BCUT2D eigenvalue weighted by Crippen LogP contribution is 2.45. The molecule has 2 aliphatic rings. The molecule has 1 aromatic rings. The standard InChI is InChI=1S/C17H21NO/c18-12-17(16(19)14-7-2-1-3-8-14)11-10-13-6-4-5-9-15(13)17/h4-6,9,14,16,19H,1-3,7-8,10-11H2. The SMILES string of the molecule is N#CC1(C(O)C2CCCCC2)CCc2ccccc21. The highest BCUT2D eigenvalue weighted by Gasteiger charge is 2.47. The molecule has 1 fully saturated rings. The van der Waals surface area contributed by atoms with E-state index in [9.17, 15) is 10.4 Å². The molecule has 19 heavy (non-hydrogen) atoms. The summed E-state index contributed by atoms with van der Waals surface area (Å²) in [5, 5.41) is 20.6. The molecule has 0 heterocycles. The highest BCUT2D eigenvalue weighted by molar-refractivity contribution is 5.45. The van der Waals surface area contributed by atoms with Crippen molar-refractivity contribution in [1.82, 2.24) is 0 Å². The van der Waals surface area contributed by atoms with Gasteiger partial charge in [0.05, 0.1) is 12.2 Å². The van der Waals surface area contributed by atoms with Gasteiger partial charge >= 0.3 is 0 Å². The quantitative estimate of drug-likeness (QED) is 0.881. The van der Waals surface area contributed by atoms with Crippen molar-refractivity contribution >= 4 is 0 Å². The third-order valence-electron chi connectivity index (χ3n) is 5.09. The summed E-state index contributed by atoms with van der Waals surface area (Å²) in [6.07, 6.45) is 7.03. The summed E-state index contributed by atoms with van der Waals surface area (Å²) in [5.41, 5.74) is 1.67. The van der Waals surface area contributed by atoms with E-state index in [4.69, 9.17) is 0 Å². The van der Waals surface area contributed by atoms with Crippen molar-refractivity contribution in [3.63, 3.8) is 0 Å². The van der Waals surface area contributed by atoms with E-state index < -0.39 is 11.5 Å². The van der Waals surface area contributed by atoms with E-state index in [0.29, 0.717) is 5.92 Å². The molecule has 0 amide bonds. The van der Waals surface area contributed by atoms with Gasteiger partial charge in [-0.3, -0.25) is 0 Å². The van der Waals surface area contributed by atoms with Crippen LogP contribution in [0.4, 0.5) is 0 Å². The van der Waals surface area contributed by atoms with E-state index in [1.165, 1.54) is 24.8 Å². The van der Waals surface area contributed by atoms with Gasteiger partial charge in [-0.15, -0.1) is 0 Å². The van der Waals surface area contributed by atoms with Crippen molar-refractivity contribution in [3.05, 3.63) is 35.4 Å². The molecule has 1 saturated carbocycles. The van der Waals surface area contributed by atoms with Gasteiger partial charge < -0.3 is 5.11 Å². The average molecular weight is 255 g/mol. The van der Waals surface area contributed by atoms with Gasteiger partial charge in [0.15, 0.2) is 0 Å². The van der Waals surface area contributed by atoms with Crippen molar-refractivity contribution in [1.29, 1.82) is 5.26 Å². The van der Waals surface area contributed by atoms with Crippen LogP contribution in [0, 0.1) is 17.2 Å². The number of hydrogen-bond donors (Lipinski definition) is 1. The first-order valence-electron chi connectivity index (χ1n) is 7.45. The zero-order valence-electron chi connectivity index (χ0n) is 11.3. The van der Waals surface area contributed by atoms with Gasteiger partial charge in [-0.1, -0.05) is 43.5 Å². The van der Waals surface area contributed by atoms with Crippen LogP contribution in [-0.4, -0.2) is 11.2 Å². The average Bonchev–Trinajstić information content (AvgIpc) is 2.87. The number of hydrogen-bond acceptors (Lipinski definition) is 2. The fourth-order valence-corrected chi connectivity index (χ4v) is 3.98. The van der Waals surface area contributed by atoms with Gasteiger partial charge in [0.25, 0.3) is 0 Å². The van der Waals surface area contributed by atoms with E-state index in [2.05, 4.69) is 12.1 Å². The lowest BCUT2D eigenvalue weighted by molar-refractivity contribution is 0.0350. The Kier molecular flexibility index (Phi) is 3.33. The molecule has 2 heteroatoms. The second-order valence-corrected chi connectivity index (χ2v) is 6.08. The fourth-order valence-electron chi connectivity index (χ4n) is 3.98. The van der Waals surface area contributed by atoms with Gasteiger partial charge in [0.2, 0.25) is 0 Å². The first-order chi connectivity index (χ1) is 9.28. The molecular formula is C17H21NO. The van der Waals surface area contributed by atoms with Gasteiger partial charge in [0.1, 0.15) is 5.41 Å². The topological polar surface area (TPSA) is 44.0 Å². The smallest absolute Gasteiger partial charge is 0.109 e. The Morgan fingerprint density at radius 2 is 1.95 bits per heavy atom. The Bertz CT molecular complexity index is 498. The van der Waals surface area contributed by atoms with Gasteiger partial charge in [0, 0.05) is 0 Å². The van der Waals surface area contributed by atoms with Crippen molar-refractivity contribution in [2.75, 3.05) is 0 Å². The summed E-state index contributed by atoms with van der Waals surface area (Å²) < 4.78 is 0. The normalized spacial score (nSPS) is 28.6. The predicted molar refractivity (Wildman–Crippen MR) is 74.6 cm³/mol. The zero-order valence-corrected chi connectivity index (χ0v) is 11.3. The number of fused-ring (bicyclic) bond motifs is 1. The van der Waals surface area contributed by atoms with Gasteiger partial charge in [-0.05, 0) is 42.7 Å². The van der Waals surface area contributed by atoms with E-state index in [1.54, 1.807) is 0 Å². The molecule has 1 aromatic carbocycles. The van der Waals surface area contributed by atoms with Crippen LogP contribution in [0.25, 0.3) is 0 Å². The molecule has 2 nitrogen and oxygen atoms in total. The summed E-state index contributed by atoms with van der Waals surface area (Å²) in [7, 11) is 0. The van der Waals surface area contributed by atoms with Gasteiger partial charge in [-0.2, -0.15) is 5.26 Å². The number of aryl methyl sites for hydroxylation is 1. The predicted octanol–water partition coefficient (Wildman–Crippen LogP) is 3.34. The largest absolute Gasteiger partial charge is 0.391 e. The molecule has 0 bridgehead atoms. The number of nitrogens with zero attached hydrogens (tertiary/aromatic N) is 1. The minimum absolute atomic E-state index is 0.305. The van der Waals surface area contributed by atoms with Crippen LogP contribution in [0.1, 0.15) is 49.7 Å². The molecule has 0 aromatic heterocycles. The maximum atomic E-state index is 10.8. The lowest BCUT2D eigenvalue weighted by atomic mass is 9.69. The van der Waals surface area contributed by atoms with Crippen LogP contribution < -0.4 is 0 Å². The molecule has 0 aliphatic heterocycles. The summed E-state index contributed by atoms with van der Waals surface area (Å²) in [6, 6.07) is 10.6. The van der Waals surface area contributed by atoms with Crippen molar-refractivity contribution < 1.29 is 5.11 Å². The summed E-state index contributed by atoms with van der Waals surface area (Å²) in [5.74, 6) is 0.305. The van der Waals surface area contributed by atoms with Crippen LogP contribution >= 0.6 is 0 Å². The molecule has 0 radical (unpaired) electrons. The minimum Gasteiger partial charge on any atom is -0.391 e. The molecule has 1 N–H and O–H groups in total. The Hall–Kier alpha value is -1.33. The molecule has 2 atom stereocenters. The summed E-state index contributed by atoms with van der Waals surface area (Å²) in [4.78, 5) is 0. The molecule has 100 valence electrons. The molecule has 0 saturated heterocycles. The van der Waals surface area contributed by atoms with E-state index >= 15 is 0 Å². The summed E-state index contributed by atoms with van der Waals surface area (Å²) in [6.45, 7) is 0. The Balaban J connectivity index is 1.94. The van der Waals surface area contributed by atoms with E-state index in [1.807, 2.05) is 18.2 Å². The number of aliphatic hydroxyl groups excluding tert-OH is 1. The number of aliphatic hydroxyl groups is 1. The van der Waals surface area contributed by atoms with Crippen LogP contribution in [0.15, 0.2) is 24.3 Å². The molecule has 2 unspecified atom stereocenters. The zero-order chi connectivity index (χ0) is 13.3. The van der Waals surface area contributed by atoms with Gasteiger partial charge in [-0.25, -0.2) is 0 Å². The van der Waals surface area contributed by atoms with Crippen molar-refractivity contribution in [3.8, 4) is 6.07 Å². The van der Waals surface area contributed by atoms with Crippen LogP contribution in [0.2, 0.25) is 0 Å². The van der Waals surface area contributed by atoms with Crippen LogP contribution in [0.3, 0.4) is 0 Å². The maximum absolute atomic E-state index is 10.8. The lowest BCUT2D eigenvalue weighted by Gasteiger charge is -2.36. The first kappa shape index (κ1) is 12.7. The Morgan fingerprint density at radius 3 is 2.68 bits per heavy atom. The Morgan fingerprint density at radius 1 is 1.21 bits per heavy atom. The molecule has 3 rings (SSSR count). The number of benzene rings is 1. The number of nitriles is 1. The summed E-state index contributed by atoms with van der Waals surface area (Å²) >= 11 is 0. The third kappa shape index (κ3) is 1.97. The highest BCUT2D eigenvalue weighted by atomic mass is 16.3. The van der Waals surface area contributed by atoms with Crippen molar-refractivity contribution in [2.45, 2.75) is 56.5 Å². The third-order valence-corrected chi connectivity index (χ3v) is 5.09. The second kappa shape index (κ2) is 4.98. The molecule has 2 aliphatic carbocycles.